The fraction of sp³-hybridized carbons (Fsp3) is 0.923. The number of hydrogen-bond acceptors (Lipinski definition) is 3. The van der Waals surface area contributed by atoms with Gasteiger partial charge in [-0.1, -0.05) is 13.8 Å². The normalized spacial score (nSPS) is 31.4. The van der Waals surface area contributed by atoms with Gasteiger partial charge in [0.2, 0.25) is 5.91 Å². The van der Waals surface area contributed by atoms with Gasteiger partial charge in [0.1, 0.15) is 0 Å². The summed E-state index contributed by atoms with van der Waals surface area (Å²) in [6.45, 7) is 6.75. The molecule has 1 saturated heterocycles. The summed E-state index contributed by atoms with van der Waals surface area (Å²) >= 11 is 0. The van der Waals surface area contributed by atoms with Crippen LogP contribution in [-0.2, 0) is 9.53 Å². The fourth-order valence-corrected chi connectivity index (χ4v) is 2.92. The maximum absolute atomic E-state index is 11.9. The second kappa shape index (κ2) is 4.94. The molecule has 4 nitrogen and oxygen atoms in total. The van der Waals surface area contributed by atoms with Crippen LogP contribution in [0.25, 0.3) is 0 Å². The molecular formula is C13H24N2O2. The second-order valence-electron chi connectivity index (χ2n) is 5.80. The van der Waals surface area contributed by atoms with Crippen molar-refractivity contribution in [2.24, 2.45) is 5.41 Å². The van der Waals surface area contributed by atoms with Crippen LogP contribution in [0.1, 0.15) is 33.1 Å². The van der Waals surface area contributed by atoms with E-state index in [9.17, 15) is 4.79 Å². The highest BCUT2D eigenvalue weighted by molar-refractivity contribution is 5.78. The Hall–Kier alpha value is -0.610. The van der Waals surface area contributed by atoms with Crippen LogP contribution in [0.3, 0.4) is 0 Å². The Morgan fingerprint density at radius 2 is 2.06 bits per heavy atom. The van der Waals surface area contributed by atoms with Gasteiger partial charge in [-0.3, -0.25) is 4.79 Å². The predicted molar refractivity (Wildman–Crippen MR) is 66.8 cm³/mol. The quantitative estimate of drug-likeness (QED) is 0.797. The first-order valence-corrected chi connectivity index (χ1v) is 6.59. The molecule has 0 bridgehead atoms. The summed E-state index contributed by atoms with van der Waals surface area (Å²) in [6.07, 6.45) is 3.65. The van der Waals surface area contributed by atoms with Gasteiger partial charge in [-0.05, 0) is 19.3 Å². The molecule has 2 fully saturated rings. The molecule has 1 N–H and O–H groups in total. The first-order chi connectivity index (χ1) is 8.05. The molecule has 2 unspecified atom stereocenters. The molecule has 2 aliphatic rings. The van der Waals surface area contributed by atoms with Crippen LogP contribution < -0.4 is 5.32 Å². The highest BCUT2D eigenvalue weighted by Crippen LogP contribution is 2.42. The molecule has 4 heteroatoms. The van der Waals surface area contributed by atoms with Crippen LogP contribution in [0, 0.1) is 5.41 Å². The van der Waals surface area contributed by atoms with Gasteiger partial charge in [0, 0.05) is 31.7 Å². The molecule has 0 aromatic rings. The summed E-state index contributed by atoms with van der Waals surface area (Å²) in [5, 5.41) is 3.38. The summed E-state index contributed by atoms with van der Waals surface area (Å²) in [7, 11) is 1.76. The topological polar surface area (TPSA) is 41.6 Å². The predicted octanol–water partition coefficient (Wildman–Crippen LogP) is 1.01. The lowest BCUT2D eigenvalue weighted by atomic mass is 9.64. The van der Waals surface area contributed by atoms with E-state index in [4.69, 9.17) is 4.74 Å². The molecule has 1 heterocycles. The van der Waals surface area contributed by atoms with E-state index in [1.165, 1.54) is 0 Å². The fourth-order valence-electron chi connectivity index (χ4n) is 2.92. The summed E-state index contributed by atoms with van der Waals surface area (Å²) in [4.78, 5) is 13.8. The minimum Gasteiger partial charge on any atom is -0.381 e. The molecule has 1 saturated carbocycles. The summed E-state index contributed by atoms with van der Waals surface area (Å²) in [5.74, 6) is 0.249. The van der Waals surface area contributed by atoms with Gasteiger partial charge in [0.25, 0.3) is 0 Å². The molecule has 2 rings (SSSR count). The number of nitrogens with zero attached hydrogens (tertiary/aromatic N) is 1. The average molecular weight is 240 g/mol. The lowest BCUT2D eigenvalue weighted by molar-refractivity contribution is -0.131. The van der Waals surface area contributed by atoms with Crippen molar-refractivity contribution >= 4 is 5.91 Å². The lowest BCUT2D eigenvalue weighted by Gasteiger charge is -2.51. The van der Waals surface area contributed by atoms with E-state index in [0.717, 1.165) is 32.4 Å². The number of hydrogen-bond donors (Lipinski definition) is 1. The van der Waals surface area contributed by atoms with Crippen molar-refractivity contribution < 1.29 is 9.53 Å². The molecule has 98 valence electrons. The third-order valence-corrected chi connectivity index (χ3v) is 4.42. The van der Waals surface area contributed by atoms with Crippen molar-refractivity contribution in [3.63, 3.8) is 0 Å². The Balaban J connectivity index is 1.74. The van der Waals surface area contributed by atoms with Gasteiger partial charge >= 0.3 is 0 Å². The molecule has 0 aromatic heterocycles. The number of ether oxygens (including phenoxy) is 1. The number of likely N-dealkylation sites (tertiary alicyclic amines) is 1. The molecule has 0 spiro atoms. The van der Waals surface area contributed by atoms with Crippen LogP contribution in [0.4, 0.5) is 0 Å². The Labute approximate surface area is 104 Å². The Morgan fingerprint density at radius 3 is 2.59 bits per heavy atom. The van der Waals surface area contributed by atoms with Crippen molar-refractivity contribution in [1.29, 1.82) is 0 Å². The van der Waals surface area contributed by atoms with E-state index in [1.807, 2.05) is 4.90 Å². The minimum absolute atomic E-state index is 0.139. The van der Waals surface area contributed by atoms with Gasteiger partial charge in [-0.2, -0.15) is 0 Å². The zero-order valence-electron chi connectivity index (χ0n) is 11.2. The SMILES string of the molecule is COC1CC(NCC(=O)N2CCCC2)C1(C)C. The number of amides is 1. The van der Waals surface area contributed by atoms with Crippen molar-refractivity contribution in [2.75, 3.05) is 26.7 Å². The largest absolute Gasteiger partial charge is 0.381 e. The number of carbonyl (C=O) groups is 1. The Kier molecular flexibility index (Phi) is 3.73. The lowest BCUT2D eigenvalue weighted by Crippen LogP contribution is -2.61. The third-order valence-electron chi connectivity index (χ3n) is 4.42. The zero-order valence-corrected chi connectivity index (χ0v) is 11.2. The average Bonchev–Trinajstić information content (AvgIpc) is 2.81. The van der Waals surface area contributed by atoms with Crippen LogP contribution in [-0.4, -0.2) is 49.7 Å². The van der Waals surface area contributed by atoms with E-state index in [2.05, 4.69) is 19.2 Å². The molecule has 17 heavy (non-hydrogen) atoms. The smallest absolute Gasteiger partial charge is 0.236 e. The van der Waals surface area contributed by atoms with Gasteiger partial charge in [-0.25, -0.2) is 0 Å². The van der Waals surface area contributed by atoms with Crippen LogP contribution in [0.15, 0.2) is 0 Å². The van der Waals surface area contributed by atoms with E-state index in [0.29, 0.717) is 18.7 Å². The van der Waals surface area contributed by atoms with Gasteiger partial charge in [0.05, 0.1) is 12.6 Å². The van der Waals surface area contributed by atoms with E-state index < -0.39 is 0 Å². The second-order valence-corrected chi connectivity index (χ2v) is 5.80. The molecule has 1 amide bonds. The van der Waals surface area contributed by atoms with Crippen molar-refractivity contribution in [3.8, 4) is 0 Å². The van der Waals surface area contributed by atoms with E-state index in [1.54, 1.807) is 7.11 Å². The van der Waals surface area contributed by atoms with Gasteiger partial charge in [-0.15, -0.1) is 0 Å². The van der Waals surface area contributed by atoms with Crippen LogP contribution >= 0.6 is 0 Å². The monoisotopic (exact) mass is 240 g/mol. The summed E-state index contributed by atoms with van der Waals surface area (Å²) < 4.78 is 5.40. The number of rotatable bonds is 4. The third kappa shape index (κ3) is 2.47. The molecule has 0 aromatic carbocycles. The standard InChI is InChI=1S/C13H24N2O2/c1-13(2)10(8-11(13)17-3)14-9-12(16)15-6-4-5-7-15/h10-11,14H,4-9H2,1-3H3. The van der Waals surface area contributed by atoms with Crippen molar-refractivity contribution in [2.45, 2.75) is 45.3 Å². The maximum Gasteiger partial charge on any atom is 0.236 e. The van der Waals surface area contributed by atoms with Crippen LogP contribution in [0.2, 0.25) is 0 Å². The highest BCUT2D eigenvalue weighted by atomic mass is 16.5. The van der Waals surface area contributed by atoms with E-state index >= 15 is 0 Å². The maximum atomic E-state index is 11.9. The van der Waals surface area contributed by atoms with Crippen LogP contribution in [0.5, 0.6) is 0 Å². The Bertz CT molecular complexity index is 285. The number of carbonyl (C=O) groups excluding carboxylic acids is 1. The van der Waals surface area contributed by atoms with Gasteiger partial charge < -0.3 is 15.0 Å². The van der Waals surface area contributed by atoms with Crippen molar-refractivity contribution in [1.82, 2.24) is 10.2 Å². The zero-order chi connectivity index (χ0) is 12.5. The molecule has 1 aliphatic heterocycles. The first kappa shape index (κ1) is 12.8. The number of nitrogens with one attached hydrogen (secondary N) is 1. The van der Waals surface area contributed by atoms with E-state index in [-0.39, 0.29) is 11.3 Å². The summed E-state index contributed by atoms with van der Waals surface area (Å²) in [6, 6.07) is 0.402. The summed E-state index contributed by atoms with van der Waals surface area (Å²) in [5.41, 5.74) is 0.139. The first-order valence-electron chi connectivity index (χ1n) is 6.59. The Morgan fingerprint density at radius 1 is 1.41 bits per heavy atom. The molecule has 2 atom stereocenters. The highest BCUT2D eigenvalue weighted by Gasteiger charge is 2.48. The van der Waals surface area contributed by atoms with Gasteiger partial charge in [0.15, 0.2) is 0 Å². The van der Waals surface area contributed by atoms with Crippen molar-refractivity contribution in [3.05, 3.63) is 0 Å². The molecule has 1 aliphatic carbocycles. The molecular weight excluding hydrogens is 216 g/mol. The number of methoxy groups -OCH3 is 1. The minimum atomic E-state index is 0.139. The molecule has 0 radical (unpaired) electrons.